The Morgan fingerprint density at radius 3 is 2.45 bits per heavy atom. The average molecular weight is 574 g/mol. The minimum atomic E-state index is -1.33. The Labute approximate surface area is 244 Å². The number of aromatic nitrogens is 1. The second kappa shape index (κ2) is 10.9. The summed E-state index contributed by atoms with van der Waals surface area (Å²) in [7, 11) is 1.58. The average Bonchev–Trinajstić information content (AvgIpc) is 3.35. The molecule has 0 saturated heterocycles. The molecule has 0 bridgehead atoms. The molecule has 0 unspecified atom stereocenters. The second-order valence-electron chi connectivity index (χ2n) is 11.8. The molecule has 0 spiro atoms. The van der Waals surface area contributed by atoms with Gasteiger partial charge in [-0.15, -0.1) is 0 Å². The van der Waals surface area contributed by atoms with Gasteiger partial charge in [0.2, 0.25) is 0 Å². The molecule has 3 aromatic carbocycles. The lowest BCUT2D eigenvalue weighted by atomic mass is 9.85. The number of carboxylic acid groups (broad SMARTS) is 1. The Hall–Kier alpha value is -4.17. The zero-order valence-electron chi connectivity index (χ0n) is 25.1. The normalized spacial score (nSPS) is 13.9. The summed E-state index contributed by atoms with van der Waals surface area (Å²) in [4.78, 5) is 26.5. The number of nitrogens with zero attached hydrogens (tertiary/aromatic N) is 1. The van der Waals surface area contributed by atoms with E-state index in [-0.39, 0.29) is 11.7 Å². The van der Waals surface area contributed by atoms with Gasteiger partial charge in [-0.2, -0.15) is 0 Å². The number of aliphatic carboxylic acids is 1. The smallest absolute Gasteiger partial charge is 0.337 e. The molecule has 0 fully saturated rings. The Bertz CT molecular complexity index is 1730. The van der Waals surface area contributed by atoms with E-state index in [1.165, 1.54) is 6.07 Å². The first-order valence-corrected chi connectivity index (χ1v) is 14.0. The van der Waals surface area contributed by atoms with Gasteiger partial charge in [0.1, 0.15) is 5.75 Å². The van der Waals surface area contributed by atoms with Gasteiger partial charge in [-0.1, -0.05) is 0 Å². The molecular formula is C34H36FNO6. The molecular weight excluding hydrogens is 537 g/mol. The fraction of sp³-hybridized carbons (Fsp3) is 0.353. The summed E-state index contributed by atoms with van der Waals surface area (Å²) in [5.41, 5.74) is 4.80. The van der Waals surface area contributed by atoms with Gasteiger partial charge < -0.3 is 19.3 Å². The van der Waals surface area contributed by atoms with Crippen LogP contribution in [0, 0.1) is 26.6 Å². The molecule has 1 N–H and O–H groups in total. The van der Waals surface area contributed by atoms with Gasteiger partial charge in [0.15, 0.2) is 17.7 Å². The van der Waals surface area contributed by atoms with Crippen molar-refractivity contribution in [2.75, 3.05) is 13.7 Å². The first-order chi connectivity index (χ1) is 19.8. The van der Waals surface area contributed by atoms with Crippen LogP contribution >= 0.6 is 0 Å². The van der Waals surface area contributed by atoms with Gasteiger partial charge in [-0.05, 0) is 119 Å². The molecule has 1 aliphatic heterocycles. The number of rotatable bonds is 6. The van der Waals surface area contributed by atoms with Crippen LogP contribution in [-0.4, -0.2) is 40.9 Å². The van der Waals surface area contributed by atoms with Gasteiger partial charge in [0.25, 0.3) is 5.91 Å². The highest BCUT2D eigenvalue weighted by Gasteiger charge is 2.34. The molecule has 0 aliphatic carbocycles. The third-order valence-corrected chi connectivity index (χ3v) is 7.77. The fourth-order valence-electron chi connectivity index (χ4n) is 5.89. The number of hydrogen-bond donors (Lipinski definition) is 1. The lowest BCUT2D eigenvalue weighted by Crippen LogP contribution is -2.28. The molecule has 1 atom stereocenters. The van der Waals surface area contributed by atoms with Crippen molar-refractivity contribution in [2.24, 2.45) is 0 Å². The molecule has 5 rings (SSSR count). The molecule has 1 aliphatic rings. The molecule has 220 valence electrons. The molecule has 0 radical (unpaired) electrons. The lowest BCUT2D eigenvalue weighted by molar-refractivity contribution is -0.160. The van der Waals surface area contributed by atoms with Crippen molar-refractivity contribution >= 4 is 22.8 Å². The zero-order valence-corrected chi connectivity index (χ0v) is 25.1. The van der Waals surface area contributed by atoms with Crippen molar-refractivity contribution in [3.05, 3.63) is 81.8 Å². The first kappa shape index (κ1) is 29.3. The van der Waals surface area contributed by atoms with E-state index in [1.807, 2.05) is 13.8 Å². The number of carbonyl (C=O) groups excluding carboxylic acids is 1. The largest absolute Gasteiger partial charge is 0.496 e. The van der Waals surface area contributed by atoms with Crippen LogP contribution in [-0.2, 0) is 16.0 Å². The molecule has 8 heteroatoms. The van der Waals surface area contributed by atoms with E-state index in [0.717, 1.165) is 23.1 Å². The van der Waals surface area contributed by atoms with Gasteiger partial charge in [0.05, 0.1) is 24.8 Å². The second-order valence-corrected chi connectivity index (χ2v) is 11.8. The number of halogens is 1. The van der Waals surface area contributed by atoms with E-state index in [0.29, 0.717) is 57.5 Å². The fourth-order valence-corrected chi connectivity index (χ4v) is 5.89. The van der Waals surface area contributed by atoms with Crippen molar-refractivity contribution in [2.45, 2.75) is 66.1 Å². The van der Waals surface area contributed by atoms with E-state index in [2.05, 4.69) is 0 Å². The number of aryl methyl sites for hydroxylation is 2. The zero-order chi connectivity index (χ0) is 30.5. The van der Waals surface area contributed by atoms with Gasteiger partial charge in [0, 0.05) is 28.3 Å². The Kier molecular flexibility index (Phi) is 7.62. The number of ether oxygens (including phenoxy) is 3. The number of fused-ring (bicyclic) bond motifs is 2. The van der Waals surface area contributed by atoms with E-state index < -0.39 is 23.5 Å². The van der Waals surface area contributed by atoms with Crippen LogP contribution in [0.15, 0.2) is 42.6 Å². The highest BCUT2D eigenvalue weighted by molar-refractivity contribution is 6.07. The summed E-state index contributed by atoms with van der Waals surface area (Å²) in [6.45, 7) is 11.4. The van der Waals surface area contributed by atoms with Crippen LogP contribution in [0.2, 0.25) is 0 Å². The van der Waals surface area contributed by atoms with Crippen LogP contribution < -0.4 is 9.47 Å². The Balaban J connectivity index is 1.82. The molecule has 0 saturated carbocycles. The number of benzene rings is 3. The highest BCUT2D eigenvalue weighted by Crippen LogP contribution is 2.45. The van der Waals surface area contributed by atoms with Crippen molar-refractivity contribution in [3.8, 4) is 22.6 Å². The standard InChI is InChI=1S/C34H36FNO6/c1-18-15-21(10-11-27(18)40-7)32(37)36-13-12-23-26(36)16-19(2)28(31(33(38)39)42-34(4,5)6)29(23)24-17-25(35)30-22(20(24)3)9-8-14-41-30/h10-13,15-17,31H,8-9,14H2,1-7H3,(H,38,39)/t31-/m0/s1. The van der Waals surface area contributed by atoms with Crippen molar-refractivity contribution in [3.63, 3.8) is 0 Å². The summed E-state index contributed by atoms with van der Waals surface area (Å²) < 4.78 is 34.3. The predicted molar refractivity (Wildman–Crippen MR) is 159 cm³/mol. The summed E-state index contributed by atoms with van der Waals surface area (Å²) in [6.07, 6.45) is 1.74. The number of carbonyl (C=O) groups is 2. The van der Waals surface area contributed by atoms with Crippen molar-refractivity contribution in [1.82, 2.24) is 4.57 Å². The minimum Gasteiger partial charge on any atom is -0.496 e. The van der Waals surface area contributed by atoms with Crippen molar-refractivity contribution < 1.29 is 33.3 Å². The monoisotopic (exact) mass is 573 g/mol. The maximum atomic E-state index is 15.6. The number of carboxylic acids is 1. The topological polar surface area (TPSA) is 87.0 Å². The lowest BCUT2D eigenvalue weighted by Gasteiger charge is -2.29. The molecule has 1 aromatic heterocycles. The van der Waals surface area contributed by atoms with E-state index >= 15 is 4.39 Å². The van der Waals surface area contributed by atoms with Crippen LogP contribution in [0.3, 0.4) is 0 Å². The van der Waals surface area contributed by atoms with E-state index in [9.17, 15) is 14.7 Å². The van der Waals surface area contributed by atoms with Crippen LogP contribution in [0.1, 0.15) is 71.5 Å². The SMILES string of the molecule is COc1ccc(C(=O)n2ccc3c(-c4cc(F)c5c(c4C)CCCO5)c([C@H](OC(C)(C)C)C(=O)O)c(C)cc32)cc1C. The van der Waals surface area contributed by atoms with Crippen LogP contribution in [0.25, 0.3) is 22.0 Å². The Morgan fingerprint density at radius 2 is 1.81 bits per heavy atom. The highest BCUT2D eigenvalue weighted by atomic mass is 19.1. The minimum absolute atomic E-state index is 0.247. The molecule has 2 heterocycles. The first-order valence-electron chi connectivity index (χ1n) is 14.0. The van der Waals surface area contributed by atoms with Crippen LogP contribution in [0.4, 0.5) is 4.39 Å². The maximum Gasteiger partial charge on any atom is 0.337 e. The van der Waals surface area contributed by atoms with Gasteiger partial charge >= 0.3 is 5.97 Å². The third-order valence-electron chi connectivity index (χ3n) is 7.77. The predicted octanol–water partition coefficient (Wildman–Crippen LogP) is 7.34. The van der Waals surface area contributed by atoms with E-state index in [1.54, 1.807) is 75.9 Å². The Morgan fingerprint density at radius 1 is 1.07 bits per heavy atom. The molecule has 0 amide bonds. The third kappa shape index (κ3) is 5.15. The van der Waals surface area contributed by atoms with Crippen LogP contribution in [0.5, 0.6) is 11.5 Å². The molecule has 42 heavy (non-hydrogen) atoms. The molecule has 4 aromatic rings. The van der Waals surface area contributed by atoms with Gasteiger partial charge in [-0.3, -0.25) is 9.36 Å². The maximum absolute atomic E-state index is 15.6. The summed E-state index contributed by atoms with van der Waals surface area (Å²) in [5, 5.41) is 11.0. The summed E-state index contributed by atoms with van der Waals surface area (Å²) in [5.74, 6) is -0.984. The number of methoxy groups -OCH3 is 1. The van der Waals surface area contributed by atoms with Crippen molar-refractivity contribution in [1.29, 1.82) is 0 Å². The van der Waals surface area contributed by atoms with Gasteiger partial charge in [-0.25, -0.2) is 9.18 Å². The summed E-state index contributed by atoms with van der Waals surface area (Å²) in [6, 6.07) is 10.2. The molecule has 7 nitrogen and oxygen atoms in total. The number of hydrogen-bond acceptors (Lipinski definition) is 5. The van der Waals surface area contributed by atoms with E-state index in [4.69, 9.17) is 14.2 Å². The quantitative estimate of drug-likeness (QED) is 0.260. The summed E-state index contributed by atoms with van der Waals surface area (Å²) >= 11 is 0.